The first-order valence-electron chi connectivity index (χ1n) is 19.2. The highest BCUT2D eigenvalue weighted by Gasteiger charge is 2.56. The van der Waals surface area contributed by atoms with Crippen LogP contribution in [0.2, 0.25) is 0 Å². The lowest BCUT2D eigenvalue weighted by Crippen LogP contribution is -2.64. The lowest BCUT2D eigenvalue weighted by Gasteiger charge is -2.46. The third-order valence-electron chi connectivity index (χ3n) is 9.05. The van der Waals surface area contributed by atoms with Gasteiger partial charge in [-0.1, -0.05) is 61.5 Å². The Hall–Kier alpha value is -5.82. The Balaban J connectivity index is 1.57. The van der Waals surface area contributed by atoms with Crippen molar-refractivity contribution in [2.24, 2.45) is 0 Å². The van der Waals surface area contributed by atoms with Gasteiger partial charge in [-0.2, -0.15) is 0 Å². The highest BCUT2D eigenvalue weighted by Crippen LogP contribution is 2.37. The fraction of sp³-hybridized carbons (Fsp3) is 0.419. The zero-order valence-corrected chi connectivity index (χ0v) is 34.7. The third kappa shape index (κ3) is 12.8. The molecule has 326 valence electrons. The molecule has 5 rings (SSSR count). The fourth-order valence-corrected chi connectivity index (χ4v) is 7.47. The predicted molar refractivity (Wildman–Crippen MR) is 212 cm³/mol. The van der Waals surface area contributed by atoms with Gasteiger partial charge in [0.05, 0.1) is 23.3 Å². The smallest absolute Gasteiger partial charge is 0.338 e. The van der Waals surface area contributed by atoms with Crippen LogP contribution in [-0.4, -0.2) is 121 Å². The molecule has 0 spiro atoms. The Bertz CT molecular complexity index is 1980. The number of thioether (sulfide) groups is 1. The number of benzene rings is 3. The lowest BCUT2D eigenvalue weighted by atomic mass is 9.97. The monoisotopic (exact) mass is 866 g/mol. The normalized spacial score (nSPS) is 25.8. The van der Waals surface area contributed by atoms with Gasteiger partial charge in [0.1, 0.15) is 24.3 Å². The lowest BCUT2D eigenvalue weighted by molar-refractivity contribution is -0.316. The van der Waals surface area contributed by atoms with E-state index in [4.69, 9.17) is 47.4 Å². The highest BCUT2D eigenvalue weighted by molar-refractivity contribution is 7.99. The average molecular weight is 867 g/mol. The average Bonchev–Trinajstić information content (AvgIpc) is 3.23. The Morgan fingerprint density at radius 3 is 1.33 bits per heavy atom. The molecule has 0 bridgehead atoms. The molecule has 0 aliphatic carbocycles. The van der Waals surface area contributed by atoms with Crippen molar-refractivity contribution in [3.8, 4) is 0 Å². The largest absolute Gasteiger partial charge is 0.463 e. The number of carbonyl (C=O) groups is 7. The number of ether oxygens (including phenoxy) is 10. The zero-order chi connectivity index (χ0) is 44.1. The van der Waals surface area contributed by atoms with Gasteiger partial charge in [-0.25, -0.2) is 14.4 Å². The van der Waals surface area contributed by atoms with Gasteiger partial charge in [0, 0.05) is 27.7 Å². The molecule has 2 fully saturated rings. The first kappa shape index (κ1) is 46.2. The maximum atomic E-state index is 13.9. The summed E-state index contributed by atoms with van der Waals surface area (Å²) in [4.78, 5) is 90.4. The molecule has 10 atom stereocenters. The summed E-state index contributed by atoms with van der Waals surface area (Å²) in [5, 5.41) is 0. The van der Waals surface area contributed by atoms with Gasteiger partial charge in [-0.3, -0.25) is 19.2 Å². The van der Waals surface area contributed by atoms with Crippen molar-refractivity contribution in [3.63, 3.8) is 0 Å². The molecule has 3 aromatic rings. The molecule has 0 aromatic heterocycles. The van der Waals surface area contributed by atoms with E-state index in [2.05, 4.69) is 0 Å². The molecular weight excluding hydrogens is 821 g/mol. The van der Waals surface area contributed by atoms with Crippen LogP contribution in [0.1, 0.15) is 65.7 Å². The van der Waals surface area contributed by atoms with E-state index >= 15 is 0 Å². The Morgan fingerprint density at radius 2 is 0.869 bits per heavy atom. The standard InChI is InChI=1S/C43H46O17S/c1-6-61-43-38(60-41(50)30-20-14-9-15-21-30)36(59-40(49)29-18-12-8-13-19-29)34(58-39(48)28-16-10-7-11-17-28)32(57-43)23-52-42-37(55-27(5)47)35(54-26(4)46)33(53-25(3)45)31(56-42)22-51-24(2)44/h7-21,31-38,42-43H,6,22-23H2,1-5H3/t31-,32-,33-,34-,35+,36+,37+,38+,42+,43-/m1/s1. The van der Waals surface area contributed by atoms with Crippen LogP contribution in [0.15, 0.2) is 91.0 Å². The van der Waals surface area contributed by atoms with Crippen LogP contribution < -0.4 is 0 Å². The van der Waals surface area contributed by atoms with E-state index in [1.807, 2.05) is 6.92 Å². The van der Waals surface area contributed by atoms with Crippen molar-refractivity contribution in [1.82, 2.24) is 0 Å². The first-order valence-corrected chi connectivity index (χ1v) is 20.3. The minimum atomic E-state index is -1.65. The summed E-state index contributed by atoms with van der Waals surface area (Å²) in [6.45, 7) is 5.11. The fourth-order valence-electron chi connectivity index (χ4n) is 6.52. The molecule has 0 amide bonds. The minimum Gasteiger partial charge on any atom is -0.463 e. The summed E-state index contributed by atoms with van der Waals surface area (Å²) in [6.07, 6.45) is -13.4. The molecule has 0 radical (unpaired) electrons. The number of rotatable bonds is 16. The third-order valence-corrected chi connectivity index (χ3v) is 10.1. The number of hydrogen-bond donors (Lipinski definition) is 0. The molecule has 17 nitrogen and oxygen atoms in total. The molecule has 61 heavy (non-hydrogen) atoms. The molecular formula is C43H46O17S. The van der Waals surface area contributed by atoms with Gasteiger partial charge in [0.25, 0.3) is 0 Å². The van der Waals surface area contributed by atoms with Crippen molar-refractivity contribution >= 4 is 53.5 Å². The Morgan fingerprint density at radius 1 is 0.475 bits per heavy atom. The molecule has 0 saturated carbocycles. The topological polar surface area (TPSA) is 212 Å². The summed E-state index contributed by atoms with van der Waals surface area (Å²) < 4.78 is 58.9. The van der Waals surface area contributed by atoms with Crippen LogP contribution in [0.3, 0.4) is 0 Å². The summed E-state index contributed by atoms with van der Waals surface area (Å²) in [5.74, 6) is -5.33. The maximum absolute atomic E-state index is 13.9. The van der Waals surface area contributed by atoms with E-state index in [1.54, 1.807) is 54.6 Å². The minimum absolute atomic E-state index is 0.123. The Labute approximate surface area is 355 Å². The van der Waals surface area contributed by atoms with Crippen LogP contribution in [0.4, 0.5) is 0 Å². The van der Waals surface area contributed by atoms with E-state index in [-0.39, 0.29) is 16.7 Å². The van der Waals surface area contributed by atoms with Crippen LogP contribution in [0.25, 0.3) is 0 Å². The van der Waals surface area contributed by atoms with Gasteiger partial charge in [0.15, 0.2) is 42.9 Å². The van der Waals surface area contributed by atoms with Gasteiger partial charge in [0.2, 0.25) is 0 Å². The second-order valence-corrected chi connectivity index (χ2v) is 15.0. The highest BCUT2D eigenvalue weighted by atomic mass is 32.2. The van der Waals surface area contributed by atoms with E-state index in [9.17, 15) is 33.6 Å². The van der Waals surface area contributed by atoms with Crippen molar-refractivity contribution in [3.05, 3.63) is 108 Å². The summed E-state index contributed by atoms with van der Waals surface area (Å²) >= 11 is 1.20. The molecule has 18 heteroatoms. The molecule has 3 aromatic carbocycles. The quantitative estimate of drug-likeness (QED) is 0.146. The van der Waals surface area contributed by atoms with E-state index in [1.165, 1.54) is 48.2 Å². The van der Waals surface area contributed by atoms with Crippen LogP contribution >= 0.6 is 11.8 Å². The Kier molecular flexibility index (Phi) is 16.8. The van der Waals surface area contributed by atoms with E-state index in [0.29, 0.717) is 5.75 Å². The van der Waals surface area contributed by atoms with Crippen LogP contribution in [-0.2, 0) is 66.5 Å². The van der Waals surface area contributed by atoms with Crippen LogP contribution in [0, 0.1) is 0 Å². The zero-order valence-electron chi connectivity index (χ0n) is 33.9. The molecule has 2 aliphatic heterocycles. The molecule has 2 heterocycles. The molecule has 2 saturated heterocycles. The summed E-state index contributed by atoms with van der Waals surface area (Å²) in [6, 6.07) is 24.0. The summed E-state index contributed by atoms with van der Waals surface area (Å²) in [7, 11) is 0. The summed E-state index contributed by atoms with van der Waals surface area (Å²) in [5.41, 5.74) is -0.622. The van der Waals surface area contributed by atoms with E-state index in [0.717, 1.165) is 27.7 Å². The van der Waals surface area contributed by atoms with Crippen LogP contribution in [0.5, 0.6) is 0 Å². The maximum Gasteiger partial charge on any atom is 0.338 e. The predicted octanol–water partition coefficient (Wildman–Crippen LogP) is 4.24. The SMILES string of the molecule is CCS[C@H]1O[C@H](CO[C@H]2O[C@H](COC(C)=O)[C@@H](OC(C)=O)[C@H](OC(C)=O)[C@@H]2OC(C)=O)[C@@H](OC(=O)c2ccccc2)[C@H](OC(=O)c2ccccc2)[C@@H]1OC(=O)c1ccccc1. The molecule has 2 aliphatic rings. The number of hydrogen-bond acceptors (Lipinski definition) is 18. The van der Waals surface area contributed by atoms with Crippen molar-refractivity contribution in [2.75, 3.05) is 19.0 Å². The number of carbonyl (C=O) groups excluding carboxylic acids is 7. The molecule has 0 N–H and O–H groups in total. The van der Waals surface area contributed by atoms with Crippen molar-refractivity contribution in [1.29, 1.82) is 0 Å². The van der Waals surface area contributed by atoms with Gasteiger partial charge < -0.3 is 47.4 Å². The van der Waals surface area contributed by atoms with Crippen molar-refractivity contribution < 1.29 is 80.9 Å². The van der Waals surface area contributed by atoms with Gasteiger partial charge in [-0.05, 0) is 42.2 Å². The number of esters is 7. The van der Waals surface area contributed by atoms with Gasteiger partial charge in [-0.15, -0.1) is 11.8 Å². The van der Waals surface area contributed by atoms with Gasteiger partial charge >= 0.3 is 41.8 Å². The second-order valence-electron chi connectivity index (χ2n) is 13.6. The second kappa shape index (κ2) is 22.1. The molecule has 0 unspecified atom stereocenters. The van der Waals surface area contributed by atoms with Crippen molar-refractivity contribution in [2.45, 2.75) is 95.2 Å². The first-order chi connectivity index (χ1) is 29.2. The van der Waals surface area contributed by atoms with E-state index < -0.39 is 116 Å².